The van der Waals surface area contributed by atoms with Crippen LogP contribution in [0.25, 0.3) is 78.7 Å². The number of fused-ring (bicyclic) bond motifs is 8. The first kappa shape index (κ1) is 35.7. The van der Waals surface area contributed by atoms with E-state index in [2.05, 4.69) is 30.3 Å². The van der Waals surface area contributed by atoms with Crippen molar-refractivity contribution in [1.82, 2.24) is 19.9 Å². The van der Waals surface area contributed by atoms with Crippen molar-refractivity contribution >= 4 is 34.2 Å². The zero-order chi connectivity index (χ0) is 36.8. The minimum absolute atomic E-state index is 0. The Bertz CT molecular complexity index is 2720. The van der Waals surface area contributed by atoms with Gasteiger partial charge < -0.3 is 9.97 Å². The summed E-state index contributed by atoms with van der Waals surface area (Å²) < 4.78 is 0. The van der Waals surface area contributed by atoms with E-state index in [-0.39, 0.29) is 27.9 Å². The zero-order valence-electron chi connectivity index (χ0n) is 30.1. The molecular formula is C47H35CuN5O2. The van der Waals surface area contributed by atoms with Crippen LogP contribution >= 0.6 is 0 Å². The summed E-state index contributed by atoms with van der Waals surface area (Å²) in [5.41, 5.74) is 12.2. The maximum absolute atomic E-state index is 13.4. The Labute approximate surface area is 329 Å². The van der Waals surface area contributed by atoms with Crippen molar-refractivity contribution in [2.24, 2.45) is 5.92 Å². The van der Waals surface area contributed by atoms with Crippen LogP contribution in [-0.2, 0) is 17.1 Å². The van der Waals surface area contributed by atoms with E-state index in [0.717, 1.165) is 55.8 Å². The molecule has 7 aromatic rings. The van der Waals surface area contributed by atoms with Crippen LogP contribution in [0.1, 0.15) is 48.6 Å². The molecular weight excluding hydrogens is 730 g/mol. The molecule has 0 amide bonds. The van der Waals surface area contributed by atoms with Gasteiger partial charge in [-0.1, -0.05) is 159 Å². The first-order chi connectivity index (χ1) is 26.5. The average molecular weight is 765 g/mol. The van der Waals surface area contributed by atoms with Crippen molar-refractivity contribution in [1.29, 1.82) is 0 Å². The third-order valence-corrected chi connectivity index (χ3v) is 10.3. The van der Waals surface area contributed by atoms with Gasteiger partial charge in [0.25, 0.3) is 6.04 Å². The fraction of sp³-hybridized carbons (Fsp3) is 0.106. The Kier molecular flexibility index (Phi) is 9.62. The monoisotopic (exact) mass is 764 g/mol. The predicted molar refractivity (Wildman–Crippen MR) is 217 cm³/mol. The van der Waals surface area contributed by atoms with Crippen LogP contribution in [0.5, 0.6) is 0 Å². The van der Waals surface area contributed by atoms with Crippen molar-refractivity contribution in [2.45, 2.75) is 25.8 Å². The molecule has 4 aromatic carbocycles. The third kappa shape index (κ3) is 6.39. The van der Waals surface area contributed by atoms with Crippen molar-refractivity contribution in [2.75, 3.05) is 0 Å². The van der Waals surface area contributed by atoms with Crippen molar-refractivity contribution in [3.8, 4) is 44.5 Å². The summed E-state index contributed by atoms with van der Waals surface area (Å²) in [7, 11) is 0. The van der Waals surface area contributed by atoms with Crippen LogP contribution in [0.15, 0.2) is 146 Å². The predicted octanol–water partition coefficient (Wildman–Crippen LogP) is 11.2. The number of hydrogen-bond donors (Lipinski definition) is 0. The molecule has 5 heterocycles. The normalized spacial score (nSPS) is 14.8. The van der Waals surface area contributed by atoms with Crippen LogP contribution in [0.3, 0.4) is 0 Å². The maximum atomic E-state index is 13.4. The number of benzene rings is 4. The molecule has 9 rings (SSSR count). The van der Waals surface area contributed by atoms with Gasteiger partial charge in [-0.3, -0.25) is 10.1 Å². The summed E-state index contributed by atoms with van der Waals surface area (Å²) in [6, 6.07) is 46.9. The zero-order valence-corrected chi connectivity index (χ0v) is 31.0. The molecule has 2 unspecified atom stereocenters. The molecule has 2 aliphatic rings. The fourth-order valence-corrected chi connectivity index (χ4v) is 7.98. The Hall–Kier alpha value is -6.34. The van der Waals surface area contributed by atoms with Crippen molar-refractivity contribution in [3.05, 3.63) is 178 Å². The second kappa shape index (κ2) is 14.8. The SMILES string of the molecule is CC(C)C1c2nc(c(-c3ccccc3)c3ccc([n-]3)c(-c3ccccc3)c3nc(c(-c4ccccc4)c4ccc([n-]4)c2-c2ccccc2)C=C3)C1[N+](=O)[O-].[Cu+2]. The molecule has 0 aliphatic carbocycles. The minimum atomic E-state index is -1.12. The molecule has 8 bridgehead atoms. The quantitative estimate of drug-likeness (QED) is 0.0950. The Morgan fingerprint density at radius 3 is 1.22 bits per heavy atom. The van der Waals surface area contributed by atoms with E-state index in [1.165, 1.54) is 0 Å². The van der Waals surface area contributed by atoms with E-state index in [1.807, 2.05) is 141 Å². The summed E-state index contributed by atoms with van der Waals surface area (Å²) in [6.07, 6.45) is 4.09. The summed E-state index contributed by atoms with van der Waals surface area (Å²) in [5.74, 6) is -0.666. The van der Waals surface area contributed by atoms with E-state index in [4.69, 9.17) is 19.9 Å². The molecule has 55 heavy (non-hydrogen) atoms. The van der Waals surface area contributed by atoms with Crippen LogP contribution in [0.2, 0.25) is 0 Å². The topological polar surface area (TPSA) is 97.1 Å². The first-order valence-electron chi connectivity index (χ1n) is 18.2. The first-order valence-corrected chi connectivity index (χ1v) is 18.2. The fourth-order valence-electron chi connectivity index (χ4n) is 7.98. The van der Waals surface area contributed by atoms with E-state index in [0.29, 0.717) is 33.5 Å². The van der Waals surface area contributed by atoms with Gasteiger partial charge in [0.15, 0.2) is 0 Å². The summed E-state index contributed by atoms with van der Waals surface area (Å²) in [4.78, 5) is 34.6. The number of hydrogen-bond acceptors (Lipinski definition) is 4. The van der Waals surface area contributed by atoms with Crippen LogP contribution in [0.4, 0.5) is 0 Å². The summed E-state index contributed by atoms with van der Waals surface area (Å²) >= 11 is 0. The molecule has 2 aliphatic heterocycles. The Morgan fingerprint density at radius 2 is 0.855 bits per heavy atom. The van der Waals surface area contributed by atoms with Gasteiger partial charge in [-0.25, -0.2) is 9.97 Å². The van der Waals surface area contributed by atoms with Gasteiger partial charge in [0.1, 0.15) is 5.69 Å². The minimum Gasteiger partial charge on any atom is -0.657 e. The largest absolute Gasteiger partial charge is 2.00 e. The number of nitro groups is 1. The molecule has 0 saturated heterocycles. The third-order valence-electron chi connectivity index (χ3n) is 10.3. The molecule has 0 saturated carbocycles. The molecule has 2 atom stereocenters. The van der Waals surface area contributed by atoms with E-state index < -0.39 is 12.0 Å². The van der Waals surface area contributed by atoms with Gasteiger partial charge in [0.2, 0.25) is 0 Å². The average Bonchev–Trinajstić information content (AvgIpc) is 4.03. The van der Waals surface area contributed by atoms with Gasteiger partial charge in [0.05, 0.1) is 23.0 Å². The van der Waals surface area contributed by atoms with E-state index in [1.54, 1.807) is 0 Å². The standard InChI is InChI=1S/C47H35N5O2.Cu/c1-29(2)40-45-43(32-19-11-5-12-20-32)38-27-25-36(49-38)41(30-15-7-3-8-16-30)34-23-24-35(48-34)42(31-17-9-4-10-18-31)37-26-28-39(50-37)44(33-21-13-6-14-22-33)46(51-45)47(40)52(53)54;/h3-29,40,47H,1-2H3;/q-2;+2. The molecule has 271 valence electrons. The smallest absolute Gasteiger partial charge is 0.657 e. The van der Waals surface area contributed by atoms with Crippen molar-refractivity contribution in [3.63, 3.8) is 0 Å². The maximum Gasteiger partial charge on any atom is 2.00 e. The van der Waals surface area contributed by atoms with Gasteiger partial charge in [-0.05, 0) is 62.6 Å². The van der Waals surface area contributed by atoms with Gasteiger partial charge in [-0.15, -0.1) is 22.1 Å². The molecule has 3 aromatic heterocycles. The second-order valence-electron chi connectivity index (χ2n) is 14.0. The summed E-state index contributed by atoms with van der Waals surface area (Å²) in [6.45, 7) is 4.08. The van der Waals surface area contributed by atoms with E-state index >= 15 is 0 Å². The van der Waals surface area contributed by atoms with Gasteiger partial charge >= 0.3 is 17.1 Å². The Morgan fingerprint density at radius 1 is 0.509 bits per heavy atom. The Balaban J connectivity index is 0.00000427. The van der Waals surface area contributed by atoms with E-state index in [9.17, 15) is 10.1 Å². The number of rotatable bonds is 6. The van der Waals surface area contributed by atoms with Crippen LogP contribution < -0.4 is 9.97 Å². The number of nitrogens with zero attached hydrogens (tertiary/aromatic N) is 5. The molecule has 0 N–H and O–H groups in total. The summed E-state index contributed by atoms with van der Waals surface area (Å²) in [5, 5.41) is 13.4. The van der Waals surface area contributed by atoms with Gasteiger partial charge in [-0.2, -0.15) is 0 Å². The van der Waals surface area contributed by atoms with Crippen LogP contribution in [-0.4, -0.2) is 14.9 Å². The molecule has 8 heteroatoms. The molecule has 0 fully saturated rings. The molecule has 7 nitrogen and oxygen atoms in total. The molecule has 1 radical (unpaired) electrons. The molecule has 0 spiro atoms. The van der Waals surface area contributed by atoms with Crippen molar-refractivity contribution < 1.29 is 22.0 Å². The number of aromatic nitrogens is 4. The van der Waals surface area contributed by atoms with Gasteiger partial charge in [0, 0.05) is 4.92 Å². The second-order valence-corrected chi connectivity index (χ2v) is 14.0. The van der Waals surface area contributed by atoms with Crippen LogP contribution in [0, 0.1) is 16.0 Å².